The van der Waals surface area contributed by atoms with Crippen molar-refractivity contribution < 1.29 is 26.3 Å². The van der Waals surface area contributed by atoms with Crippen LogP contribution in [0.15, 0.2) is 0 Å². The van der Waals surface area contributed by atoms with Gasteiger partial charge in [0.2, 0.25) is 5.24 Å². The van der Waals surface area contributed by atoms with E-state index in [1.807, 2.05) is 0 Å². The first-order valence-corrected chi connectivity index (χ1v) is 7.34. The van der Waals surface area contributed by atoms with Gasteiger partial charge >= 0.3 is 11.8 Å². The van der Waals surface area contributed by atoms with Crippen molar-refractivity contribution in [3.05, 3.63) is 0 Å². The van der Waals surface area contributed by atoms with Gasteiger partial charge in [-0.15, -0.1) is 11.4 Å². The van der Waals surface area contributed by atoms with Crippen molar-refractivity contribution in [3.63, 3.8) is 0 Å². The van der Waals surface area contributed by atoms with Crippen LogP contribution in [0.1, 0.15) is 6.92 Å². The Labute approximate surface area is 79.8 Å². The molecule has 0 aliphatic heterocycles. The fourth-order valence-corrected chi connectivity index (χ4v) is 4.33. The van der Waals surface area contributed by atoms with Crippen LogP contribution >= 0.6 is 16.6 Å². The van der Waals surface area contributed by atoms with Crippen molar-refractivity contribution in [2.24, 2.45) is 0 Å². The summed E-state index contributed by atoms with van der Waals surface area (Å²) in [6.07, 6.45) is 0. The van der Waals surface area contributed by atoms with E-state index >= 15 is 0 Å². The molecule has 80 valence electrons. The van der Waals surface area contributed by atoms with Crippen molar-refractivity contribution >= 4 is 28.4 Å². The Balaban J connectivity index is 5.10. The maximum atomic E-state index is 12.0. The van der Waals surface area contributed by atoms with E-state index in [-0.39, 0.29) is 17.1 Å². The lowest BCUT2D eigenvalue weighted by Crippen LogP contribution is -2.19. The maximum absolute atomic E-state index is 12.0. The minimum atomic E-state index is -5.35. The highest BCUT2D eigenvalue weighted by atomic mass is 32.9. The molecular formula is C4H5F6PS2. The molecule has 0 amide bonds. The summed E-state index contributed by atoms with van der Waals surface area (Å²) in [5.41, 5.74) is 0. The molecule has 0 saturated heterocycles. The van der Waals surface area contributed by atoms with Gasteiger partial charge in [-0.1, -0.05) is 18.7 Å². The van der Waals surface area contributed by atoms with Gasteiger partial charge in [0.15, 0.2) is 0 Å². The van der Waals surface area contributed by atoms with Crippen LogP contribution in [0.25, 0.3) is 0 Å². The van der Waals surface area contributed by atoms with Crippen LogP contribution in [0.4, 0.5) is 26.3 Å². The topological polar surface area (TPSA) is 0 Å². The second-order valence-corrected chi connectivity index (χ2v) is 9.61. The molecule has 0 fully saturated rings. The highest BCUT2D eigenvalue weighted by Crippen LogP contribution is 2.79. The summed E-state index contributed by atoms with van der Waals surface area (Å²) in [4.78, 5) is 0. The monoisotopic (exact) mass is 262 g/mol. The zero-order valence-corrected chi connectivity index (χ0v) is 8.77. The molecule has 0 aliphatic rings. The molecule has 13 heavy (non-hydrogen) atoms. The SMILES string of the molecule is CCSP(=S)(C(F)(F)F)C(F)(F)F. The van der Waals surface area contributed by atoms with E-state index in [1.165, 1.54) is 6.92 Å². The highest BCUT2D eigenvalue weighted by molar-refractivity contribution is 8.71. The zero-order chi connectivity index (χ0) is 10.9. The van der Waals surface area contributed by atoms with Crippen molar-refractivity contribution in [3.8, 4) is 0 Å². The smallest absolute Gasteiger partial charge is 0.165 e. The summed E-state index contributed by atoms with van der Waals surface area (Å²) in [7, 11) is 0. The number of halogens is 6. The summed E-state index contributed by atoms with van der Waals surface area (Å²) in [5.74, 6) is -11.0. The molecule has 0 aliphatic carbocycles. The fraction of sp³-hybridized carbons (Fsp3) is 1.00. The molecule has 0 rings (SSSR count). The van der Waals surface area contributed by atoms with Gasteiger partial charge in [0.25, 0.3) is 0 Å². The summed E-state index contributed by atoms with van der Waals surface area (Å²) >= 11 is 3.47. The quantitative estimate of drug-likeness (QED) is 0.541. The number of alkyl halides is 6. The van der Waals surface area contributed by atoms with Crippen molar-refractivity contribution in [2.45, 2.75) is 18.8 Å². The Kier molecular flexibility index (Phi) is 4.16. The molecule has 0 unspecified atom stereocenters. The Morgan fingerprint density at radius 1 is 1.08 bits per heavy atom. The highest BCUT2D eigenvalue weighted by Gasteiger charge is 2.63. The number of rotatable bonds is 2. The largest absolute Gasteiger partial charge is 0.431 e. The van der Waals surface area contributed by atoms with E-state index in [0.29, 0.717) is 0 Å². The van der Waals surface area contributed by atoms with Crippen LogP contribution in [-0.4, -0.2) is 17.6 Å². The third kappa shape index (κ3) is 2.76. The van der Waals surface area contributed by atoms with Crippen LogP contribution in [0, 0.1) is 0 Å². The standard InChI is InChI=1S/C4H5F6PS2/c1-2-13-11(12,3(5,6)7)4(8,9)10/h2H2,1H3. The summed E-state index contributed by atoms with van der Waals surface area (Å²) in [6.45, 7) is 1.21. The first kappa shape index (κ1) is 13.6. The molecule has 0 aromatic carbocycles. The lowest BCUT2D eigenvalue weighted by atomic mass is 11.0. The lowest BCUT2D eigenvalue weighted by Gasteiger charge is -2.25. The minimum absolute atomic E-state index is 0.231. The Morgan fingerprint density at radius 3 is 1.46 bits per heavy atom. The van der Waals surface area contributed by atoms with E-state index in [4.69, 9.17) is 0 Å². The van der Waals surface area contributed by atoms with Crippen molar-refractivity contribution in [1.29, 1.82) is 0 Å². The average molecular weight is 262 g/mol. The van der Waals surface area contributed by atoms with Crippen LogP contribution < -0.4 is 0 Å². The predicted octanol–water partition coefficient (Wildman–Crippen LogP) is 4.17. The maximum Gasteiger partial charge on any atom is 0.431 e. The molecule has 0 nitrogen and oxygen atoms in total. The van der Waals surface area contributed by atoms with E-state index in [1.54, 1.807) is 0 Å². The van der Waals surface area contributed by atoms with Gasteiger partial charge in [-0.2, -0.15) is 26.3 Å². The van der Waals surface area contributed by atoms with Gasteiger partial charge in [0.05, 0.1) is 0 Å². The summed E-state index contributed by atoms with van der Waals surface area (Å²) < 4.78 is 72.0. The zero-order valence-electron chi connectivity index (χ0n) is 6.24. The van der Waals surface area contributed by atoms with Crippen LogP contribution in [-0.2, 0) is 11.8 Å². The second-order valence-electron chi connectivity index (χ2n) is 1.90. The summed E-state index contributed by atoms with van der Waals surface area (Å²) in [6, 6.07) is 0. The minimum Gasteiger partial charge on any atom is -0.165 e. The molecule has 0 radical (unpaired) electrons. The fourth-order valence-electron chi connectivity index (χ4n) is 0.472. The van der Waals surface area contributed by atoms with Gasteiger partial charge in [-0.05, 0) is 5.75 Å². The number of hydrogen-bond acceptors (Lipinski definition) is 2. The molecule has 0 spiro atoms. The van der Waals surface area contributed by atoms with Gasteiger partial charge in [0.1, 0.15) is 0 Å². The third-order valence-electron chi connectivity index (χ3n) is 0.978. The van der Waals surface area contributed by atoms with Crippen molar-refractivity contribution in [1.82, 2.24) is 0 Å². The summed E-state index contributed by atoms with van der Waals surface area (Å²) in [5, 5.41) is -5.34. The van der Waals surface area contributed by atoms with Gasteiger partial charge < -0.3 is 0 Å². The van der Waals surface area contributed by atoms with Gasteiger partial charge in [-0.25, -0.2) is 0 Å². The Morgan fingerprint density at radius 2 is 1.38 bits per heavy atom. The first-order valence-electron chi connectivity index (χ1n) is 2.94. The van der Waals surface area contributed by atoms with Gasteiger partial charge in [-0.3, -0.25) is 0 Å². The predicted molar refractivity (Wildman–Crippen MR) is 44.5 cm³/mol. The third-order valence-corrected chi connectivity index (χ3v) is 8.23. The Bertz CT molecular complexity index is 200. The lowest BCUT2D eigenvalue weighted by molar-refractivity contribution is -0.0802. The molecule has 0 aromatic rings. The normalized spacial score (nSPS) is 14.7. The van der Waals surface area contributed by atoms with E-state index in [2.05, 4.69) is 11.8 Å². The van der Waals surface area contributed by atoms with E-state index < -0.39 is 17.1 Å². The van der Waals surface area contributed by atoms with Gasteiger partial charge in [0, 0.05) is 0 Å². The number of hydrogen-bond donors (Lipinski definition) is 0. The molecule has 9 heteroatoms. The van der Waals surface area contributed by atoms with E-state index in [9.17, 15) is 26.3 Å². The van der Waals surface area contributed by atoms with Crippen LogP contribution in [0.2, 0.25) is 0 Å². The molecule has 0 bridgehead atoms. The first-order chi connectivity index (χ1) is 5.56. The van der Waals surface area contributed by atoms with Crippen LogP contribution in [0.3, 0.4) is 0 Å². The molecule has 0 atom stereocenters. The van der Waals surface area contributed by atoms with Crippen LogP contribution in [0.5, 0.6) is 0 Å². The molecular weight excluding hydrogens is 257 g/mol. The second kappa shape index (κ2) is 3.98. The molecule has 0 N–H and O–H groups in total. The van der Waals surface area contributed by atoms with Crippen molar-refractivity contribution in [2.75, 3.05) is 5.75 Å². The Hall–Kier alpha value is 0.580. The van der Waals surface area contributed by atoms with E-state index in [0.717, 1.165) is 0 Å². The molecule has 0 heterocycles. The molecule has 0 saturated carbocycles. The molecule has 0 aromatic heterocycles. The average Bonchev–Trinajstić information content (AvgIpc) is 1.82.